The van der Waals surface area contributed by atoms with E-state index in [-0.39, 0.29) is 23.9 Å². The zero-order valence-electron chi connectivity index (χ0n) is 11.3. The average Bonchev–Trinajstić information content (AvgIpc) is 2.88. The molecule has 2 heterocycles. The lowest BCUT2D eigenvalue weighted by Gasteiger charge is -2.21. The van der Waals surface area contributed by atoms with E-state index in [0.717, 1.165) is 25.9 Å². The Morgan fingerprint density at radius 3 is 2.53 bits per heavy atom. The van der Waals surface area contributed by atoms with Crippen LogP contribution in [0.4, 0.5) is 11.9 Å². The maximum atomic E-state index is 9.33. The van der Waals surface area contributed by atoms with Gasteiger partial charge in [-0.15, -0.1) is 0 Å². The van der Waals surface area contributed by atoms with Gasteiger partial charge < -0.3 is 15.3 Å². The summed E-state index contributed by atoms with van der Waals surface area (Å²) in [5.74, 6) is 1.31. The van der Waals surface area contributed by atoms with Gasteiger partial charge in [0.25, 0.3) is 0 Å². The first-order valence-electron chi connectivity index (χ1n) is 6.64. The molecule has 2 rings (SSSR count). The van der Waals surface area contributed by atoms with Gasteiger partial charge in [0, 0.05) is 13.1 Å². The second-order valence-electron chi connectivity index (χ2n) is 5.10. The molecule has 0 bridgehead atoms. The van der Waals surface area contributed by atoms with Gasteiger partial charge in [-0.2, -0.15) is 15.0 Å². The fourth-order valence-electron chi connectivity index (χ4n) is 2.05. The largest absolute Gasteiger partial charge is 0.394 e. The van der Waals surface area contributed by atoms with E-state index >= 15 is 0 Å². The molecule has 0 aliphatic carbocycles. The summed E-state index contributed by atoms with van der Waals surface area (Å²) in [5.41, 5.74) is 0. The number of nitrogens with zero attached hydrogens (tertiary/aromatic N) is 4. The molecule has 0 aromatic carbocycles. The summed E-state index contributed by atoms with van der Waals surface area (Å²) in [6.45, 7) is 5.98. The van der Waals surface area contributed by atoms with Crippen LogP contribution in [0.2, 0.25) is 5.28 Å². The Bertz CT molecular complexity index is 423. The second-order valence-corrected chi connectivity index (χ2v) is 5.44. The summed E-state index contributed by atoms with van der Waals surface area (Å²) in [7, 11) is 0. The van der Waals surface area contributed by atoms with Gasteiger partial charge in [-0.1, -0.05) is 13.8 Å². The van der Waals surface area contributed by atoms with Crippen LogP contribution in [0.1, 0.15) is 26.7 Å². The first-order chi connectivity index (χ1) is 9.10. The first kappa shape index (κ1) is 14.3. The third-order valence-corrected chi connectivity index (χ3v) is 3.47. The zero-order chi connectivity index (χ0) is 13.8. The van der Waals surface area contributed by atoms with Crippen LogP contribution in [-0.2, 0) is 0 Å². The molecule has 7 heteroatoms. The molecular formula is C12H20ClN5O. The second kappa shape index (κ2) is 6.34. The van der Waals surface area contributed by atoms with E-state index < -0.39 is 0 Å². The van der Waals surface area contributed by atoms with Crippen LogP contribution in [0.25, 0.3) is 0 Å². The number of anilines is 2. The molecule has 1 unspecified atom stereocenters. The van der Waals surface area contributed by atoms with Gasteiger partial charge in [0.05, 0.1) is 12.6 Å². The van der Waals surface area contributed by atoms with Gasteiger partial charge in [-0.25, -0.2) is 0 Å². The number of aromatic nitrogens is 3. The number of aliphatic hydroxyl groups excluding tert-OH is 1. The maximum Gasteiger partial charge on any atom is 0.231 e. The minimum Gasteiger partial charge on any atom is -0.394 e. The highest BCUT2D eigenvalue weighted by Crippen LogP contribution is 2.19. The van der Waals surface area contributed by atoms with Crippen molar-refractivity contribution in [3.63, 3.8) is 0 Å². The summed E-state index contributed by atoms with van der Waals surface area (Å²) in [6.07, 6.45) is 2.30. The molecule has 1 saturated heterocycles. The molecule has 1 fully saturated rings. The normalized spacial score (nSPS) is 17.0. The quantitative estimate of drug-likeness (QED) is 0.855. The molecule has 19 heavy (non-hydrogen) atoms. The molecule has 0 radical (unpaired) electrons. The van der Waals surface area contributed by atoms with Gasteiger partial charge in [0.1, 0.15) is 0 Å². The molecule has 1 aliphatic rings. The molecule has 1 atom stereocenters. The van der Waals surface area contributed by atoms with E-state index in [1.54, 1.807) is 0 Å². The van der Waals surface area contributed by atoms with Crippen LogP contribution in [0.5, 0.6) is 0 Å². The van der Waals surface area contributed by atoms with Crippen LogP contribution < -0.4 is 10.2 Å². The van der Waals surface area contributed by atoms with Crippen molar-refractivity contribution in [2.45, 2.75) is 32.7 Å². The minimum atomic E-state index is -0.0927. The molecule has 1 aromatic rings. The van der Waals surface area contributed by atoms with Gasteiger partial charge in [0.2, 0.25) is 17.2 Å². The molecule has 0 amide bonds. The Labute approximate surface area is 118 Å². The van der Waals surface area contributed by atoms with Crippen molar-refractivity contribution in [3.8, 4) is 0 Å². The van der Waals surface area contributed by atoms with E-state index in [1.807, 2.05) is 13.8 Å². The highest BCUT2D eigenvalue weighted by atomic mass is 35.5. The van der Waals surface area contributed by atoms with Gasteiger partial charge >= 0.3 is 0 Å². The van der Waals surface area contributed by atoms with Crippen LogP contribution >= 0.6 is 11.6 Å². The highest BCUT2D eigenvalue weighted by molar-refractivity contribution is 6.28. The Morgan fingerprint density at radius 2 is 1.95 bits per heavy atom. The van der Waals surface area contributed by atoms with Crippen molar-refractivity contribution < 1.29 is 5.11 Å². The summed E-state index contributed by atoms with van der Waals surface area (Å²) < 4.78 is 0. The van der Waals surface area contributed by atoms with Crippen molar-refractivity contribution in [2.75, 3.05) is 29.9 Å². The van der Waals surface area contributed by atoms with Crippen LogP contribution in [-0.4, -0.2) is 45.8 Å². The number of rotatable bonds is 5. The molecule has 106 valence electrons. The van der Waals surface area contributed by atoms with Gasteiger partial charge in [-0.3, -0.25) is 0 Å². The lowest BCUT2D eigenvalue weighted by molar-refractivity contribution is 0.248. The molecule has 1 aromatic heterocycles. The standard InChI is InChI=1S/C12H20ClN5O/c1-8(2)9(7-19)14-11-15-10(13)16-12(17-11)18-5-3-4-6-18/h8-9,19H,3-7H2,1-2H3,(H,14,15,16,17). The fourth-order valence-corrected chi connectivity index (χ4v) is 2.21. The molecule has 6 nitrogen and oxygen atoms in total. The van der Waals surface area contributed by atoms with Crippen molar-refractivity contribution in [2.24, 2.45) is 5.92 Å². The van der Waals surface area contributed by atoms with Gasteiger partial charge in [0.15, 0.2) is 0 Å². The summed E-state index contributed by atoms with van der Waals surface area (Å²) in [6, 6.07) is -0.0927. The van der Waals surface area contributed by atoms with Crippen LogP contribution in [0, 0.1) is 5.92 Å². The third-order valence-electron chi connectivity index (χ3n) is 3.30. The third kappa shape index (κ3) is 3.67. The van der Waals surface area contributed by atoms with Crippen molar-refractivity contribution in [3.05, 3.63) is 5.28 Å². The summed E-state index contributed by atoms with van der Waals surface area (Å²) in [4.78, 5) is 14.7. The molecular weight excluding hydrogens is 266 g/mol. The average molecular weight is 286 g/mol. The smallest absolute Gasteiger partial charge is 0.231 e. The summed E-state index contributed by atoms with van der Waals surface area (Å²) >= 11 is 5.94. The Kier molecular flexibility index (Phi) is 4.76. The van der Waals surface area contributed by atoms with Crippen molar-refractivity contribution in [1.82, 2.24) is 15.0 Å². The highest BCUT2D eigenvalue weighted by Gasteiger charge is 2.19. The van der Waals surface area contributed by atoms with Crippen LogP contribution in [0.15, 0.2) is 0 Å². The predicted molar refractivity (Wildman–Crippen MR) is 75.6 cm³/mol. The Morgan fingerprint density at radius 1 is 1.26 bits per heavy atom. The molecule has 0 spiro atoms. The number of aliphatic hydroxyl groups is 1. The lowest BCUT2D eigenvalue weighted by atomic mass is 10.1. The van der Waals surface area contributed by atoms with E-state index in [2.05, 4.69) is 25.2 Å². The lowest BCUT2D eigenvalue weighted by Crippen LogP contribution is -2.31. The van der Waals surface area contributed by atoms with Gasteiger partial charge in [-0.05, 0) is 30.4 Å². The van der Waals surface area contributed by atoms with E-state index in [9.17, 15) is 5.11 Å². The monoisotopic (exact) mass is 285 g/mol. The predicted octanol–water partition coefficient (Wildman–Crippen LogP) is 1.55. The number of nitrogens with one attached hydrogen (secondary N) is 1. The van der Waals surface area contributed by atoms with Crippen molar-refractivity contribution >= 4 is 23.5 Å². The topological polar surface area (TPSA) is 74.2 Å². The summed E-state index contributed by atoms with van der Waals surface area (Å²) in [5, 5.41) is 12.6. The van der Waals surface area contributed by atoms with E-state index in [0.29, 0.717) is 11.9 Å². The van der Waals surface area contributed by atoms with E-state index in [4.69, 9.17) is 11.6 Å². The Hall–Kier alpha value is -1.14. The van der Waals surface area contributed by atoms with Crippen LogP contribution in [0.3, 0.4) is 0 Å². The fraction of sp³-hybridized carbons (Fsp3) is 0.750. The number of hydrogen-bond donors (Lipinski definition) is 2. The maximum absolute atomic E-state index is 9.33. The SMILES string of the molecule is CC(C)C(CO)Nc1nc(Cl)nc(N2CCCC2)n1. The number of hydrogen-bond acceptors (Lipinski definition) is 6. The zero-order valence-corrected chi connectivity index (χ0v) is 12.1. The molecule has 1 aliphatic heterocycles. The molecule has 2 N–H and O–H groups in total. The minimum absolute atomic E-state index is 0.0278. The molecule has 0 saturated carbocycles. The Balaban J connectivity index is 2.16. The van der Waals surface area contributed by atoms with Crippen molar-refractivity contribution in [1.29, 1.82) is 0 Å². The number of halogens is 1. The van der Waals surface area contributed by atoms with E-state index in [1.165, 1.54) is 0 Å². The first-order valence-corrected chi connectivity index (χ1v) is 7.02.